The number of fused-ring (bicyclic) bond motifs is 2. The molecule has 0 aromatic carbocycles. The van der Waals surface area contributed by atoms with Gasteiger partial charge in [0.15, 0.2) is 5.60 Å². The van der Waals surface area contributed by atoms with Gasteiger partial charge in [0.25, 0.3) is 0 Å². The zero-order valence-electron chi connectivity index (χ0n) is 12.5. The second-order valence-electron chi connectivity index (χ2n) is 5.80. The highest BCUT2D eigenvalue weighted by Gasteiger charge is 2.71. The molecule has 1 spiro atoms. The van der Waals surface area contributed by atoms with Crippen LogP contribution in [0.15, 0.2) is 0 Å². The van der Waals surface area contributed by atoms with Crippen LogP contribution >= 0.6 is 0 Å². The van der Waals surface area contributed by atoms with Gasteiger partial charge in [-0.1, -0.05) is 6.92 Å². The highest BCUT2D eigenvalue weighted by Crippen LogP contribution is 2.43. The van der Waals surface area contributed by atoms with E-state index < -0.39 is 54.1 Å². The molecule has 0 amide bonds. The van der Waals surface area contributed by atoms with Gasteiger partial charge in [0.05, 0.1) is 25.5 Å². The molecule has 3 rings (SSSR count). The predicted octanol–water partition coefficient (Wildman–Crippen LogP) is -2.14. The minimum atomic E-state index is -2.35. The Morgan fingerprint density at radius 1 is 1.22 bits per heavy atom. The first-order chi connectivity index (χ1) is 10.8. The van der Waals surface area contributed by atoms with Crippen molar-refractivity contribution < 1.29 is 38.4 Å². The number of rotatable bonds is 2. The summed E-state index contributed by atoms with van der Waals surface area (Å²) in [5, 5.41) is 13.0. The fourth-order valence-electron chi connectivity index (χ4n) is 2.98. The van der Waals surface area contributed by atoms with Crippen molar-refractivity contribution in [3.05, 3.63) is 0 Å². The van der Waals surface area contributed by atoms with E-state index in [1.807, 2.05) is 0 Å². The summed E-state index contributed by atoms with van der Waals surface area (Å²) in [7, 11) is 0. The van der Waals surface area contributed by atoms with E-state index in [4.69, 9.17) is 24.7 Å². The van der Waals surface area contributed by atoms with Gasteiger partial charge in [0.1, 0.15) is 0 Å². The smallest absolute Gasteiger partial charge is 0.388 e. The Labute approximate surface area is 131 Å². The molecule has 4 N–H and O–H groups in total. The van der Waals surface area contributed by atoms with Crippen LogP contribution in [0.3, 0.4) is 0 Å². The Morgan fingerprint density at radius 3 is 2.52 bits per heavy atom. The molecule has 3 heterocycles. The molecule has 0 saturated carbocycles. The normalized spacial score (nSPS) is 41.6. The van der Waals surface area contributed by atoms with E-state index in [1.54, 1.807) is 6.92 Å². The number of aliphatic hydroxyl groups is 1. The average molecular weight is 330 g/mol. The fraction of sp³-hybridized carbons (Fsp3) is 0.769. The molecule has 4 atom stereocenters. The molecule has 23 heavy (non-hydrogen) atoms. The minimum absolute atomic E-state index is 0.0854. The number of carbonyl (C=O) groups is 3. The molecule has 0 aliphatic carbocycles. The summed E-state index contributed by atoms with van der Waals surface area (Å²) in [4.78, 5) is 36.6. The maximum absolute atomic E-state index is 12.3. The van der Waals surface area contributed by atoms with Crippen LogP contribution in [0.1, 0.15) is 26.2 Å². The maximum Gasteiger partial charge on any atom is 0.388 e. The summed E-state index contributed by atoms with van der Waals surface area (Å²) < 4.78 is 21.4. The van der Waals surface area contributed by atoms with Crippen LogP contribution in [0.4, 0.5) is 0 Å². The van der Waals surface area contributed by atoms with Gasteiger partial charge >= 0.3 is 29.6 Å². The van der Waals surface area contributed by atoms with Crippen LogP contribution in [0.25, 0.3) is 0 Å². The SMILES string of the molecule is CCC(N)C12OCCNC13OC(=O)CC(O)(CC(=O)O2)C(=O)O3. The molecule has 0 aromatic heterocycles. The molecule has 3 aliphatic heterocycles. The second kappa shape index (κ2) is 5.13. The molecule has 3 fully saturated rings. The van der Waals surface area contributed by atoms with Gasteiger partial charge in [-0.3, -0.25) is 9.59 Å². The highest BCUT2D eigenvalue weighted by atomic mass is 16.8. The molecule has 10 heteroatoms. The number of carbonyl (C=O) groups excluding carboxylic acids is 3. The third kappa shape index (κ3) is 2.21. The molecule has 4 unspecified atom stereocenters. The standard InChI is InChI=1S/C13H18N2O8/c1-2-7(14)12-13(15-3-4-20-12)22-9(17)6-11(19,10(18)23-13)5-8(16)21-12/h7,15,19H,2-6,14H2,1H3. The zero-order chi connectivity index (χ0) is 16.9. The topological polar surface area (TPSA) is 146 Å². The number of ether oxygens (including phenoxy) is 4. The molecule has 3 aliphatic rings. The van der Waals surface area contributed by atoms with Crippen molar-refractivity contribution in [1.29, 1.82) is 0 Å². The van der Waals surface area contributed by atoms with Crippen molar-refractivity contribution in [3.63, 3.8) is 0 Å². The Kier molecular flexibility index (Phi) is 3.59. The Bertz CT molecular complexity index is 568. The molecule has 0 radical (unpaired) electrons. The molecule has 2 bridgehead atoms. The van der Waals surface area contributed by atoms with E-state index >= 15 is 0 Å². The number of esters is 3. The van der Waals surface area contributed by atoms with Crippen LogP contribution in [0, 0.1) is 0 Å². The average Bonchev–Trinajstić information content (AvgIpc) is 2.53. The van der Waals surface area contributed by atoms with Gasteiger partial charge in [-0.15, -0.1) is 0 Å². The lowest BCUT2D eigenvalue weighted by Crippen LogP contribution is -2.78. The molecule has 3 saturated heterocycles. The number of nitrogens with one attached hydrogen (secondary N) is 1. The summed E-state index contributed by atoms with van der Waals surface area (Å²) in [6.45, 7) is 1.94. The Morgan fingerprint density at radius 2 is 1.87 bits per heavy atom. The summed E-state index contributed by atoms with van der Waals surface area (Å²) >= 11 is 0. The summed E-state index contributed by atoms with van der Waals surface area (Å²) in [6.07, 6.45) is -1.23. The van der Waals surface area contributed by atoms with Crippen molar-refractivity contribution in [3.8, 4) is 0 Å². The monoisotopic (exact) mass is 330 g/mol. The van der Waals surface area contributed by atoms with E-state index in [0.29, 0.717) is 0 Å². The van der Waals surface area contributed by atoms with Crippen LogP contribution in [0.2, 0.25) is 0 Å². The van der Waals surface area contributed by atoms with E-state index in [2.05, 4.69) is 5.32 Å². The first-order valence-electron chi connectivity index (χ1n) is 7.31. The first kappa shape index (κ1) is 16.1. The Hall–Kier alpha value is -1.75. The zero-order valence-corrected chi connectivity index (χ0v) is 12.5. The molecule has 10 nitrogen and oxygen atoms in total. The fourth-order valence-corrected chi connectivity index (χ4v) is 2.98. The van der Waals surface area contributed by atoms with E-state index in [1.165, 1.54) is 0 Å². The van der Waals surface area contributed by atoms with Crippen molar-refractivity contribution >= 4 is 17.9 Å². The van der Waals surface area contributed by atoms with Crippen LogP contribution in [0.5, 0.6) is 0 Å². The van der Waals surface area contributed by atoms with Gasteiger partial charge in [-0.05, 0) is 6.42 Å². The second-order valence-corrected chi connectivity index (χ2v) is 5.80. The van der Waals surface area contributed by atoms with Crippen LogP contribution in [-0.4, -0.2) is 59.5 Å². The molecular formula is C13H18N2O8. The van der Waals surface area contributed by atoms with Crippen molar-refractivity contribution in [2.45, 2.75) is 49.5 Å². The van der Waals surface area contributed by atoms with Crippen molar-refractivity contribution in [2.24, 2.45) is 5.73 Å². The van der Waals surface area contributed by atoms with Gasteiger partial charge in [-0.25, -0.2) is 10.1 Å². The summed E-state index contributed by atoms with van der Waals surface area (Å²) in [5.41, 5.74) is 3.69. The quantitative estimate of drug-likeness (QED) is 0.479. The molecular weight excluding hydrogens is 312 g/mol. The third-order valence-corrected chi connectivity index (χ3v) is 4.18. The van der Waals surface area contributed by atoms with Crippen molar-refractivity contribution in [2.75, 3.05) is 13.2 Å². The summed E-state index contributed by atoms with van der Waals surface area (Å²) in [6, 6.07) is -0.954. The van der Waals surface area contributed by atoms with E-state index in [9.17, 15) is 19.5 Å². The lowest BCUT2D eigenvalue weighted by atomic mass is 9.94. The number of hydrogen-bond acceptors (Lipinski definition) is 10. The highest BCUT2D eigenvalue weighted by molar-refractivity contribution is 5.92. The minimum Gasteiger partial charge on any atom is -0.421 e. The van der Waals surface area contributed by atoms with Crippen LogP contribution < -0.4 is 11.1 Å². The van der Waals surface area contributed by atoms with Crippen LogP contribution in [-0.2, 0) is 33.3 Å². The number of hydrogen-bond donors (Lipinski definition) is 3. The first-order valence-corrected chi connectivity index (χ1v) is 7.31. The Balaban J connectivity index is 2.19. The third-order valence-electron chi connectivity index (χ3n) is 4.18. The lowest BCUT2D eigenvalue weighted by Gasteiger charge is -2.51. The lowest BCUT2D eigenvalue weighted by molar-refractivity contribution is -0.408. The van der Waals surface area contributed by atoms with Crippen molar-refractivity contribution in [1.82, 2.24) is 5.32 Å². The number of morpholine rings is 1. The van der Waals surface area contributed by atoms with Gasteiger partial charge in [-0.2, -0.15) is 0 Å². The summed E-state index contributed by atoms with van der Waals surface area (Å²) in [5.74, 6) is -7.34. The largest absolute Gasteiger partial charge is 0.421 e. The number of nitrogens with two attached hydrogens (primary N) is 1. The van der Waals surface area contributed by atoms with Gasteiger partial charge in [0, 0.05) is 6.54 Å². The van der Waals surface area contributed by atoms with E-state index in [0.717, 1.165) is 0 Å². The maximum atomic E-state index is 12.3. The van der Waals surface area contributed by atoms with E-state index in [-0.39, 0.29) is 19.6 Å². The predicted molar refractivity (Wildman–Crippen MR) is 70.1 cm³/mol. The van der Waals surface area contributed by atoms with Gasteiger partial charge < -0.3 is 29.8 Å². The van der Waals surface area contributed by atoms with Gasteiger partial charge in [0.2, 0.25) is 0 Å². The molecule has 0 aromatic rings. The molecule has 128 valence electrons.